The Morgan fingerprint density at radius 3 is 2.67 bits per heavy atom. The van der Waals surface area contributed by atoms with Crippen LogP contribution in [-0.4, -0.2) is 35.5 Å². The minimum Gasteiger partial charge on any atom is -0.460 e. The standard InChI is InChI=1S/C9H14O5S/c1-5(2)12-8(11)9-14-7(4-15-9)13-6(3)10/h5,7,9H,4H2,1-3H3. The maximum absolute atomic E-state index is 11.4. The minimum absolute atomic E-state index is 0.172. The Morgan fingerprint density at radius 1 is 1.47 bits per heavy atom. The van der Waals surface area contributed by atoms with Gasteiger partial charge in [-0.25, -0.2) is 4.79 Å². The van der Waals surface area contributed by atoms with Crippen molar-refractivity contribution in [2.45, 2.75) is 38.6 Å². The van der Waals surface area contributed by atoms with E-state index in [-0.39, 0.29) is 6.10 Å². The summed E-state index contributed by atoms with van der Waals surface area (Å²) >= 11 is 1.27. The lowest BCUT2D eigenvalue weighted by Gasteiger charge is -2.13. The summed E-state index contributed by atoms with van der Waals surface area (Å²) in [5.41, 5.74) is -0.684. The third kappa shape index (κ3) is 4.09. The maximum Gasteiger partial charge on any atom is 0.346 e. The zero-order valence-corrected chi connectivity index (χ0v) is 9.71. The van der Waals surface area contributed by atoms with Crippen molar-refractivity contribution in [2.24, 2.45) is 0 Å². The first-order valence-electron chi connectivity index (χ1n) is 4.64. The van der Waals surface area contributed by atoms with E-state index >= 15 is 0 Å². The molecule has 5 nitrogen and oxygen atoms in total. The van der Waals surface area contributed by atoms with Crippen molar-refractivity contribution in [1.29, 1.82) is 0 Å². The molecule has 0 aromatic rings. The van der Waals surface area contributed by atoms with Gasteiger partial charge >= 0.3 is 11.9 Å². The maximum atomic E-state index is 11.4. The summed E-state index contributed by atoms with van der Waals surface area (Å²) in [7, 11) is 0. The predicted octanol–water partition coefficient (Wildman–Crippen LogP) is 0.917. The average Bonchev–Trinajstić information content (AvgIpc) is 2.50. The molecule has 1 fully saturated rings. The number of ether oxygens (including phenoxy) is 3. The highest BCUT2D eigenvalue weighted by Crippen LogP contribution is 2.27. The van der Waals surface area contributed by atoms with Gasteiger partial charge in [-0.2, -0.15) is 0 Å². The van der Waals surface area contributed by atoms with Crippen LogP contribution in [0.1, 0.15) is 20.8 Å². The van der Waals surface area contributed by atoms with Crippen LogP contribution in [-0.2, 0) is 23.8 Å². The quantitative estimate of drug-likeness (QED) is 0.677. The Labute approximate surface area is 92.4 Å². The minimum atomic E-state index is -0.684. The number of carbonyl (C=O) groups is 2. The summed E-state index contributed by atoms with van der Waals surface area (Å²) in [5, 5.41) is 0. The fourth-order valence-corrected chi connectivity index (χ4v) is 1.91. The number of thioether (sulfide) groups is 1. The van der Waals surface area contributed by atoms with Gasteiger partial charge in [0.1, 0.15) is 0 Å². The molecule has 2 atom stereocenters. The number of hydrogen-bond donors (Lipinski definition) is 0. The summed E-state index contributed by atoms with van der Waals surface area (Å²) in [6.07, 6.45) is -0.813. The van der Waals surface area contributed by atoms with Gasteiger partial charge in [-0.3, -0.25) is 4.79 Å². The second-order valence-corrected chi connectivity index (χ2v) is 4.42. The van der Waals surface area contributed by atoms with Crippen LogP contribution >= 0.6 is 11.8 Å². The van der Waals surface area contributed by atoms with Crippen molar-refractivity contribution in [3.8, 4) is 0 Å². The topological polar surface area (TPSA) is 61.8 Å². The molecule has 1 saturated heterocycles. The molecular formula is C9H14O5S. The third-order valence-electron chi connectivity index (χ3n) is 1.50. The van der Waals surface area contributed by atoms with Crippen LogP contribution < -0.4 is 0 Å². The third-order valence-corrected chi connectivity index (χ3v) is 2.57. The van der Waals surface area contributed by atoms with E-state index in [9.17, 15) is 9.59 Å². The van der Waals surface area contributed by atoms with E-state index in [0.29, 0.717) is 5.75 Å². The second kappa shape index (κ2) is 5.37. The highest BCUT2D eigenvalue weighted by Gasteiger charge is 2.34. The molecule has 0 N–H and O–H groups in total. The first kappa shape index (κ1) is 12.3. The van der Waals surface area contributed by atoms with Crippen LogP contribution in [0.25, 0.3) is 0 Å². The van der Waals surface area contributed by atoms with Crippen LogP contribution in [0.15, 0.2) is 0 Å². The smallest absolute Gasteiger partial charge is 0.346 e. The van der Waals surface area contributed by atoms with E-state index in [0.717, 1.165) is 0 Å². The highest BCUT2D eigenvalue weighted by molar-refractivity contribution is 8.00. The van der Waals surface area contributed by atoms with E-state index in [4.69, 9.17) is 14.2 Å². The van der Waals surface area contributed by atoms with Gasteiger partial charge in [0, 0.05) is 6.92 Å². The van der Waals surface area contributed by atoms with Crippen molar-refractivity contribution in [3.05, 3.63) is 0 Å². The lowest BCUT2D eigenvalue weighted by molar-refractivity contribution is -0.181. The molecule has 1 aliphatic heterocycles. The molecule has 0 saturated carbocycles. The lowest BCUT2D eigenvalue weighted by atomic mass is 10.5. The van der Waals surface area contributed by atoms with Gasteiger partial charge in [0.2, 0.25) is 11.7 Å². The largest absolute Gasteiger partial charge is 0.460 e. The molecule has 1 aliphatic rings. The first-order valence-corrected chi connectivity index (χ1v) is 5.68. The Balaban J connectivity index is 2.35. The summed E-state index contributed by atoms with van der Waals surface area (Å²) < 4.78 is 14.9. The molecule has 0 aromatic carbocycles. The number of esters is 2. The van der Waals surface area contributed by atoms with Crippen molar-refractivity contribution < 1.29 is 23.8 Å². The Bertz CT molecular complexity index is 253. The van der Waals surface area contributed by atoms with E-state index in [1.165, 1.54) is 18.7 Å². The van der Waals surface area contributed by atoms with Crippen LogP contribution in [0.5, 0.6) is 0 Å². The molecule has 0 aliphatic carbocycles. The summed E-state index contributed by atoms with van der Waals surface area (Å²) in [5.74, 6) is -0.389. The van der Waals surface area contributed by atoms with E-state index in [1.807, 2.05) is 0 Å². The van der Waals surface area contributed by atoms with Gasteiger partial charge in [0.25, 0.3) is 0 Å². The van der Waals surface area contributed by atoms with Gasteiger partial charge in [0.15, 0.2) is 0 Å². The van der Waals surface area contributed by atoms with Gasteiger partial charge in [-0.1, -0.05) is 0 Å². The molecule has 0 aromatic heterocycles. The average molecular weight is 234 g/mol. The Hall–Kier alpha value is -0.750. The van der Waals surface area contributed by atoms with Crippen molar-refractivity contribution in [1.82, 2.24) is 0 Å². The fourth-order valence-electron chi connectivity index (χ4n) is 1.04. The fraction of sp³-hybridized carbons (Fsp3) is 0.778. The second-order valence-electron chi connectivity index (χ2n) is 3.33. The molecule has 0 amide bonds. The van der Waals surface area contributed by atoms with Gasteiger partial charge < -0.3 is 14.2 Å². The molecular weight excluding hydrogens is 220 g/mol. The summed E-state index contributed by atoms with van der Waals surface area (Å²) in [4.78, 5) is 22.0. The molecule has 6 heteroatoms. The number of hydrogen-bond acceptors (Lipinski definition) is 6. The summed E-state index contributed by atoms with van der Waals surface area (Å²) in [6, 6.07) is 0. The van der Waals surface area contributed by atoms with Gasteiger partial charge in [-0.05, 0) is 13.8 Å². The molecule has 0 radical (unpaired) electrons. The van der Waals surface area contributed by atoms with Crippen LogP contribution in [0, 0.1) is 0 Å². The van der Waals surface area contributed by atoms with Crippen LogP contribution in [0.2, 0.25) is 0 Å². The molecule has 2 unspecified atom stereocenters. The summed E-state index contributed by atoms with van der Waals surface area (Å²) in [6.45, 7) is 4.83. The van der Waals surface area contributed by atoms with Gasteiger partial charge in [-0.15, -0.1) is 11.8 Å². The molecule has 86 valence electrons. The Morgan fingerprint density at radius 2 is 2.13 bits per heavy atom. The van der Waals surface area contributed by atoms with E-state index in [1.54, 1.807) is 13.8 Å². The first-order chi connectivity index (χ1) is 6.99. The lowest BCUT2D eigenvalue weighted by Crippen LogP contribution is -2.26. The normalized spacial score (nSPS) is 25.3. The molecule has 0 spiro atoms. The van der Waals surface area contributed by atoms with Crippen LogP contribution in [0.4, 0.5) is 0 Å². The van der Waals surface area contributed by atoms with Crippen molar-refractivity contribution in [3.63, 3.8) is 0 Å². The zero-order chi connectivity index (χ0) is 11.4. The molecule has 15 heavy (non-hydrogen) atoms. The predicted molar refractivity (Wildman–Crippen MR) is 54.1 cm³/mol. The van der Waals surface area contributed by atoms with Crippen molar-refractivity contribution in [2.75, 3.05) is 5.75 Å². The molecule has 1 rings (SSSR count). The van der Waals surface area contributed by atoms with E-state index in [2.05, 4.69) is 0 Å². The van der Waals surface area contributed by atoms with Gasteiger partial charge in [0.05, 0.1) is 11.9 Å². The van der Waals surface area contributed by atoms with Crippen molar-refractivity contribution >= 4 is 23.7 Å². The number of carbonyl (C=O) groups excluding carboxylic acids is 2. The zero-order valence-electron chi connectivity index (χ0n) is 8.89. The number of rotatable bonds is 3. The Kier molecular flexibility index (Phi) is 4.41. The SMILES string of the molecule is CC(=O)OC1CSC(C(=O)OC(C)C)O1. The molecule has 1 heterocycles. The monoisotopic (exact) mass is 234 g/mol. The highest BCUT2D eigenvalue weighted by atomic mass is 32.2. The van der Waals surface area contributed by atoms with E-state index < -0.39 is 23.7 Å². The van der Waals surface area contributed by atoms with Crippen LogP contribution in [0.3, 0.4) is 0 Å². The molecule has 0 bridgehead atoms.